The highest BCUT2D eigenvalue weighted by atomic mass is 16.5. The van der Waals surface area contributed by atoms with Gasteiger partial charge in [-0.25, -0.2) is 4.98 Å². The van der Waals surface area contributed by atoms with Gasteiger partial charge in [-0.3, -0.25) is 4.79 Å². The number of amides is 1. The number of aryl methyl sites for hydroxylation is 1. The van der Waals surface area contributed by atoms with Crippen LogP contribution in [0.3, 0.4) is 0 Å². The van der Waals surface area contributed by atoms with E-state index in [0.29, 0.717) is 18.7 Å². The average Bonchev–Trinajstić information content (AvgIpc) is 3.32. The summed E-state index contributed by atoms with van der Waals surface area (Å²) in [6.45, 7) is 2.42. The molecular formula is C17H21N5O2. The maximum absolute atomic E-state index is 12.6. The summed E-state index contributed by atoms with van der Waals surface area (Å²) in [5, 5.41) is 6.92. The lowest BCUT2D eigenvalue weighted by molar-refractivity contribution is -0.124. The molecule has 0 saturated heterocycles. The zero-order valence-electron chi connectivity index (χ0n) is 13.6. The molecule has 0 radical (unpaired) electrons. The molecule has 0 saturated carbocycles. The highest BCUT2D eigenvalue weighted by Crippen LogP contribution is 2.14. The molecular weight excluding hydrogens is 306 g/mol. The summed E-state index contributed by atoms with van der Waals surface area (Å²) >= 11 is 0. The van der Waals surface area contributed by atoms with Gasteiger partial charge in [-0.05, 0) is 18.6 Å². The number of carbonyl (C=O) groups excluding carboxylic acids is 1. The summed E-state index contributed by atoms with van der Waals surface area (Å²) in [4.78, 5) is 19.7. The second-order valence-electron chi connectivity index (χ2n) is 5.68. The van der Waals surface area contributed by atoms with Crippen LogP contribution in [0.1, 0.15) is 36.5 Å². The Morgan fingerprint density at radius 1 is 1.42 bits per heavy atom. The van der Waals surface area contributed by atoms with E-state index in [4.69, 9.17) is 4.52 Å². The SMILES string of the molecule is CCCc1cc(CNC(=O)[C@@H](Cc2cnc[nH]2)n2cccc2)on1. The molecule has 0 aliphatic rings. The predicted molar refractivity (Wildman–Crippen MR) is 88.1 cm³/mol. The fourth-order valence-corrected chi connectivity index (χ4v) is 2.60. The molecule has 3 aromatic heterocycles. The van der Waals surface area contributed by atoms with Crippen molar-refractivity contribution in [2.24, 2.45) is 0 Å². The number of imidazole rings is 1. The van der Waals surface area contributed by atoms with Crippen LogP contribution in [0.25, 0.3) is 0 Å². The number of rotatable bonds is 8. The molecule has 0 aliphatic carbocycles. The first-order valence-corrected chi connectivity index (χ1v) is 8.08. The van der Waals surface area contributed by atoms with E-state index in [-0.39, 0.29) is 11.9 Å². The van der Waals surface area contributed by atoms with Gasteiger partial charge < -0.3 is 19.4 Å². The lowest BCUT2D eigenvalue weighted by atomic mass is 10.1. The quantitative estimate of drug-likeness (QED) is 0.664. The Kier molecular flexibility index (Phi) is 5.10. The molecule has 126 valence electrons. The Morgan fingerprint density at radius 3 is 2.96 bits per heavy atom. The Bertz CT molecular complexity index is 746. The maximum Gasteiger partial charge on any atom is 0.243 e. The van der Waals surface area contributed by atoms with Crippen LogP contribution in [0.4, 0.5) is 0 Å². The van der Waals surface area contributed by atoms with Gasteiger partial charge in [0.25, 0.3) is 0 Å². The van der Waals surface area contributed by atoms with Crippen molar-refractivity contribution in [3.05, 3.63) is 60.3 Å². The van der Waals surface area contributed by atoms with Crippen molar-refractivity contribution in [2.75, 3.05) is 0 Å². The van der Waals surface area contributed by atoms with Gasteiger partial charge in [0.2, 0.25) is 5.91 Å². The zero-order valence-corrected chi connectivity index (χ0v) is 13.6. The zero-order chi connectivity index (χ0) is 16.8. The first-order chi connectivity index (χ1) is 11.8. The normalized spacial score (nSPS) is 12.2. The minimum atomic E-state index is -0.349. The third-order valence-electron chi connectivity index (χ3n) is 3.81. The number of hydrogen-bond donors (Lipinski definition) is 2. The first-order valence-electron chi connectivity index (χ1n) is 8.08. The minimum absolute atomic E-state index is 0.0748. The first kappa shape index (κ1) is 16.0. The Hall–Kier alpha value is -2.83. The summed E-state index contributed by atoms with van der Waals surface area (Å²) in [6.07, 6.45) is 9.54. The van der Waals surface area contributed by atoms with E-state index in [2.05, 4.69) is 27.4 Å². The van der Waals surface area contributed by atoms with Crippen molar-refractivity contribution in [3.63, 3.8) is 0 Å². The van der Waals surface area contributed by atoms with Crippen LogP contribution in [-0.4, -0.2) is 25.6 Å². The van der Waals surface area contributed by atoms with Gasteiger partial charge in [-0.1, -0.05) is 18.5 Å². The molecule has 1 atom stereocenters. The third-order valence-corrected chi connectivity index (χ3v) is 3.81. The van der Waals surface area contributed by atoms with Gasteiger partial charge in [0, 0.05) is 36.8 Å². The van der Waals surface area contributed by atoms with E-state index in [1.54, 1.807) is 12.5 Å². The number of aromatic nitrogens is 4. The standard InChI is InChI=1S/C17H21N5O2/c1-2-5-13-8-15(24-21-13)11-19-17(23)16(22-6-3-4-7-22)9-14-10-18-12-20-14/h3-4,6-8,10,12,16H,2,5,9,11H2,1H3,(H,18,20)(H,19,23)/t16-/m1/s1. The maximum atomic E-state index is 12.6. The predicted octanol–water partition coefficient (Wildman–Crippen LogP) is 2.25. The fraction of sp³-hybridized carbons (Fsp3) is 0.353. The molecule has 0 unspecified atom stereocenters. The van der Waals surface area contributed by atoms with Crippen LogP contribution in [0.2, 0.25) is 0 Å². The number of H-pyrrole nitrogens is 1. The molecule has 0 spiro atoms. The van der Waals surface area contributed by atoms with Crippen LogP contribution in [0.5, 0.6) is 0 Å². The molecule has 7 nitrogen and oxygen atoms in total. The highest BCUT2D eigenvalue weighted by Gasteiger charge is 2.21. The molecule has 0 aromatic carbocycles. The van der Waals surface area contributed by atoms with E-state index in [1.165, 1.54) is 0 Å². The topological polar surface area (TPSA) is 88.7 Å². The van der Waals surface area contributed by atoms with Gasteiger partial charge >= 0.3 is 0 Å². The molecule has 3 rings (SSSR count). The molecule has 3 aromatic rings. The van der Waals surface area contributed by atoms with Crippen molar-refractivity contribution in [1.82, 2.24) is 25.0 Å². The summed E-state index contributed by atoms with van der Waals surface area (Å²) in [7, 11) is 0. The Balaban J connectivity index is 1.64. The number of nitrogens with one attached hydrogen (secondary N) is 2. The van der Waals surface area contributed by atoms with Gasteiger partial charge in [0.15, 0.2) is 5.76 Å². The Labute approximate surface area is 140 Å². The monoisotopic (exact) mass is 327 g/mol. The number of hydrogen-bond acceptors (Lipinski definition) is 4. The molecule has 2 N–H and O–H groups in total. The third kappa shape index (κ3) is 3.92. The van der Waals surface area contributed by atoms with Crippen molar-refractivity contribution in [2.45, 2.75) is 38.8 Å². The molecule has 0 fully saturated rings. The van der Waals surface area contributed by atoms with Gasteiger partial charge in [-0.2, -0.15) is 0 Å². The molecule has 0 bridgehead atoms. The molecule has 1 amide bonds. The Morgan fingerprint density at radius 2 is 2.25 bits per heavy atom. The largest absolute Gasteiger partial charge is 0.359 e. The average molecular weight is 327 g/mol. The summed E-state index contributed by atoms with van der Waals surface area (Å²) in [5.74, 6) is 0.592. The molecule has 7 heteroatoms. The van der Waals surface area contributed by atoms with Crippen LogP contribution >= 0.6 is 0 Å². The van der Waals surface area contributed by atoms with E-state index in [1.807, 2.05) is 35.2 Å². The number of aromatic amines is 1. The van der Waals surface area contributed by atoms with Crippen LogP contribution in [0, 0.1) is 0 Å². The second kappa shape index (κ2) is 7.63. The molecule has 0 aliphatic heterocycles. The van der Waals surface area contributed by atoms with Crippen molar-refractivity contribution in [1.29, 1.82) is 0 Å². The molecule has 3 heterocycles. The van der Waals surface area contributed by atoms with E-state index >= 15 is 0 Å². The second-order valence-corrected chi connectivity index (χ2v) is 5.68. The van der Waals surface area contributed by atoms with E-state index in [0.717, 1.165) is 24.2 Å². The summed E-state index contributed by atoms with van der Waals surface area (Å²) < 4.78 is 7.14. The fourth-order valence-electron chi connectivity index (χ4n) is 2.60. The van der Waals surface area contributed by atoms with E-state index < -0.39 is 0 Å². The number of carbonyl (C=O) groups is 1. The van der Waals surface area contributed by atoms with Crippen molar-refractivity contribution in [3.8, 4) is 0 Å². The lowest BCUT2D eigenvalue weighted by Gasteiger charge is -2.17. The minimum Gasteiger partial charge on any atom is -0.359 e. The number of nitrogens with zero attached hydrogens (tertiary/aromatic N) is 3. The van der Waals surface area contributed by atoms with E-state index in [9.17, 15) is 4.79 Å². The van der Waals surface area contributed by atoms with Crippen molar-refractivity contribution >= 4 is 5.91 Å². The molecule has 24 heavy (non-hydrogen) atoms. The van der Waals surface area contributed by atoms with Gasteiger partial charge in [0.05, 0.1) is 18.6 Å². The highest BCUT2D eigenvalue weighted by molar-refractivity contribution is 5.80. The van der Waals surface area contributed by atoms with Gasteiger partial charge in [0.1, 0.15) is 6.04 Å². The van der Waals surface area contributed by atoms with Crippen molar-refractivity contribution < 1.29 is 9.32 Å². The summed E-state index contributed by atoms with van der Waals surface area (Å²) in [6, 6.07) is 5.35. The lowest BCUT2D eigenvalue weighted by Crippen LogP contribution is -2.33. The van der Waals surface area contributed by atoms with Crippen LogP contribution in [-0.2, 0) is 24.2 Å². The smallest absolute Gasteiger partial charge is 0.243 e. The summed E-state index contributed by atoms with van der Waals surface area (Å²) in [5.41, 5.74) is 1.83. The van der Waals surface area contributed by atoms with Gasteiger partial charge in [-0.15, -0.1) is 0 Å². The van der Waals surface area contributed by atoms with Crippen LogP contribution < -0.4 is 5.32 Å². The van der Waals surface area contributed by atoms with Crippen LogP contribution in [0.15, 0.2) is 47.6 Å².